The van der Waals surface area contributed by atoms with Crippen LogP contribution in [0, 0.1) is 0 Å². The molecule has 0 aromatic rings. The van der Waals surface area contributed by atoms with Crippen molar-refractivity contribution in [3.63, 3.8) is 0 Å². The van der Waals surface area contributed by atoms with E-state index in [1.807, 2.05) is 6.92 Å². The van der Waals surface area contributed by atoms with Gasteiger partial charge in [0.05, 0.1) is 6.10 Å². The van der Waals surface area contributed by atoms with Crippen LogP contribution in [0.1, 0.15) is 20.3 Å². The van der Waals surface area contributed by atoms with E-state index in [1.54, 1.807) is 14.0 Å². The summed E-state index contributed by atoms with van der Waals surface area (Å²) in [5.41, 5.74) is 0. The summed E-state index contributed by atoms with van der Waals surface area (Å²) in [5.74, 6) is -1.03. The number of rotatable bonds is 6. The topological polar surface area (TPSA) is 81.1 Å². The van der Waals surface area contributed by atoms with E-state index < -0.39 is 12.1 Å². The van der Waals surface area contributed by atoms with Gasteiger partial charge in [-0.1, -0.05) is 6.92 Å². The van der Waals surface area contributed by atoms with Crippen LogP contribution < -0.4 is 0 Å². The molecule has 2 amide bonds. The minimum absolute atomic E-state index is 0.193. The number of carbonyl (C=O) groups is 2. The lowest BCUT2D eigenvalue weighted by atomic mass is 10.3. The van der Waals surface area contributed by atoms with Gasteiger partial charge in [0.15, 0.2) is 0 Å². The first-order valence-corrected chi connectivity index (χ1v) is 5.28. The van der Waals surface area contributed by atoms with Crippen LogP contribution in [-0.2, 0) is 4.79 Å². The van der Waals surface area contributed by atoms with Gasteiger partial charge in [-0.05, 0) is 13.3 Å². The molecular weight excluding hydrogens is 212 g/mol. The summed E-state index contributed by atoms with van der Waals surface area (Å²) in [6.45, 7) is 3.73. The molecule has 0 aliphatic rings. The van der Waals surface area contributed by atoms with Crippen molar-refractivity contribution in [2.24, 2.45) is 0 Å². The minimum Gasteiger partial charge on any atom is -0.480 e. The maximum absolute atomic E-state index is 11.8. The highest BCUT2D eigenvalue weighted by Gasteiger charge is 2.20. The van der Waals surface area contributed by atoms with Crippen molar-refractivity contribution >= 4 is 12.0 Å². The minimum atomic E-state index is -1.03. The van der Waals surface area contributed by atoms with E-state index in [0.717, 1.165) is 0 Å². The van der Waals surface area contributed by atoms with Gasteiger partial charge in [-0.15, -0.1) is 0 Å². The van der Waals surface area contributed by atoms with E-state index in [4.69, 9.17) is 10.2 Å². The van der Waals surface area contributed by atoms with Crippen LogP contribution in [0.5, 0.6) is 0 Å². The number of urea groups is 1. The van der Waals surface area contributed by atoms with Crippen LogP contribution in [-0.4, -0.2) is 64.8 Å². The predicted molar refractivity (Wildman–Crippen MR) is 59.2 cm³/mol. The molecule has 0 rings (SSSR count). The van der Waals surface area contributed by atoms with Gasteiger partial charge in [0.2, 0.25) is 0 Å². The van der Waals surface area contributed by atoms with Crippen molar-refractivity contribution in [1.29, 1.82) is 0 Å². The molecule has 94 valence electrons. The van der Waals surface area contributed by atoms with E-state index in [9.17, 15) is 9.59 Å². The summed E-state index contributed by atoms with van der Waals surface area (Å²) in [6, 6.07) is -0.370. The second kappa shape index (κ2) is 7.05. The van der Waals surface area contributed by atoms with Crippen LogP contribution in [0.4, 0.5) is 4.79 Å². The number of hydrogen-bond acceptors (Lipinski definition) is 3. The van der Waals surface area contributed by atoms with Gasteiger partial charge in [0.25, 0.3) is 0 Å². The van der Waals surface area contributed by atoms with Crippen molar-refractivity contribution in [3.05, 3.63) is 0 Å². The molecule has 0 spiro atoms. The van der Waals surface area contributed by atoms with Gasteiger partial charge < -0.3 is 20.0 Å². The number of nitrogens with zero attached hydrogens (tertiary/aromatic N) is 2. The number of carbonyl (C=O) groups excluding carboxylic acids is 1. The summed E-state index contributed by atoms with van der Waals surface area (Å²) in [4.78, 5) is 24.9. The second-order valence-corrected chi connectivity index (χ2v) is 3.83. The molecule has 16 heavy (non-hydrogen) atoms. The molecule has 0 aliphatic heterocycles. The number of aliphatic hydroxyl groups excluding tert-OH is 1. The Bertz CT molecular complexity index is 243. The van der Waals surface area contributed by atoms with Crippen LogP contribution in [0.3, 0.4) is 0 Å². The number of aliphatic carboxylic acids is 1. The fraction of sp³-hybridized carbons (Fsp3) is 0.800. The lowest BCUT2D eigenvalue weighted by Gasteiger charge is -2.27. The average Bonchev–Trinajstić information content (AvgIpc) is 2.14. The predicted octanol–water partition coefficient (Wildman–Crippen LogP) is 0.216. The summed E-state index contributed by atoms with van der Waals surface area (Å²) < 4.78 is 0. The lowest BCUT2D eigenvalue weighted by molar-refractivity contribution is -0.137. The smallest absolute Gasteiger partial charge is 0.323 e. The summed E-state index contributed by atoms with van der Waals surface area (Å²) in [7, 11) is 1.54. The Labute approximate surface area is 95.5 Å². The van der Waals surface area contributed by atoms with E-state index >= 15 is 0 Å². The molecule has 1 unspecified atom stereocenters. The van der Waals surface area contributed by atoms with Crippen molar-refractivity contribution in [3.8, 4) is 0 Å². The third kappa shape index (κ3) is 5.55. The van der Waals surface area contributed by atoms with Crippen LogP contribution in [0.2, 0.25) is 0 Å². The molecule has 0 saturated heterocycles. The van der Waals surface area contributed by atoms with E-state index in [2.05, 4.69) is 0 Å². The largest absolute Gasteiger partial charge is 0.480 e. The fourth-order valence-corrected chi connectivity index (χ4v) is 1.39. The molecule has 0 radical (unpaired) electrons. The zero-order chi connectivity index (χ0) is 12.7. The number of carboxylic acid groups (broad SMARTS) is 1. The number of amides is 2. The Kier molecular flexibility index (Phi) is 6.48. The van der Waals surface area contributed by atoms with Crippen LogP contribution in [0.15, 0.2) is 0 Å². The SMILES string of the molecule is CCCN(CC(=O)O)C(=O)N(C)CC(C)O. The third-order valence-electron chi connectivity index (χ3n) is 1.95. The monoisotopic (exact) mass is 232 g/mol. The first-order chi connectivity index (χ1) is 7.38. The van der Waals surface area contributed by atoms with Gasteiger partial charge in [0.1, 0.15) is 6.54 Å². The van der Waals surface area contributed by atoms with Gasteiger partial charge in [-0.3, -0.25) is 4.79 Å². The van der Waals surface area contributed by atoms with E-state index in [0.29, 0.717) is 13.0 Å². The van der Waals surface area contributed by atoms with Crippen molar-refractivity contribution < 1.29 is 19.8 Å². The molecule has 1 atom stereocenters. The van der Waals surface area contributed by atoms with Crippen LogP contribution >= 0.6 is 0 Å². The molecule has 0 aromatic carbocycles. The van der Waals surface area contributed by atoms with Crippen LogP contribution in [0.25, 0.3) is 0 Å². The summed E-state index contributed by atoms with van der Waals surface area (Å²) in [5, 5.41) is 17.8. The molecule has 6 heteroatoms. The molecule has 0 heterocycles. The van der Waals surface area contributed by atoms with Gasteiger partial charge in [0, 0.05) is 20.1 Å². The first-order valence-electron chi connectivity index (χ1n) is 5.28. The second-order valence-electron chi connectivity index (χ2n) is 3.83. The molecule has 0 aromatic heterocycles. The third-order valence-corrected chi connectivity index (χ3v) is 1.95. The maximum Gasteiger partial charge on any atom is 0.323 e. The zero-order valence-corrected chi connectivity index (χ0v) is 10.0. The van der Waals surface area contributed by atoms with Crippen molar-refractivity contribution in [2.45, 2.75) is 26.4 Å². The molecule has 2 N–H and O–H groups in total. The Morgan fingerprint density at radius 3 is 2.31 bits per heavy atom. The lowest BCUT2D eigenvalue weighted by Crippen LogP contribution is -2.45. The van der Waals surface area contributed by atoms with Crippen molar-refractivity contribution in [2.75, 3.05) is 26.7 Å². The number of likely N-dealkylation sites (N-methyl/N-ethyl adjacent to an activating group) is 1. The standard InChI is InChI=1S/C10H20N2O4/c1-4-5-12(7-9(14)15)10(16)11(3)6-8(2)13/h8,13H,4-7H2,1-3H3,(H,14,15). The number of aliphatic hydroxyl groups is 1. The Hall–Kier alpha value is -1.30. The quantitative estimate of drug-likeness (QED) is 0.686. The maximum atomic E-state index is 11.8. The molecule has 0 bridgehead atoms. The highest BCUT2D eigenvalue weighted by Crippen LogP contribution is 2.00. The molecular formula is C10H20N2O4. The van der Waals surface area contributed by atoms with E-state index in [-0.39, 0.29) is 19.1 Å². The van der Waals surface area contributed by atoms with Crippen molar-refractivity contribution in [1.82, 2.24) is 9.80 Å². The Balaban J connectivity index is 4.40. The molecule has 6 nitrogen and oxygen atoms in total. The first kappa shape index (κ1) is 14.7. The highest BCUT2D eigenvalue weighted by atomic mass is 16.4. The van der Waals surface area contributed by atoms with Gasteiger partial charge in [-0.2, -0.15) is 0 Å². The summed E-state index contributed by atoms with van der Waals surface area (Å²) >= 11 is 0. The average molecular weight is 232 g/mol. The molecule has 0 saturated carbocycles. The normalized spacial score (nSPS) is 12.0. The van der Waals surface area contributed by atoms with Gasteiger partial charge >= 0.3 is 12.0 Å². The zero-order valence-electron chi connectivity index (χ0n) is 10.0. The Morgan fingerprint density at radius 2 is 1.94 bits per heavy atom. The fourth-order valence-electron chi connectivity index (χ4n) is 1.39. The Morgan fingerprint density at radius 1 is 1.38 bits per heavy atom. The van der Waals surface area contributed by atoms with E-state index in [1.165, 1.54) is 9.80 Å². The molecule has 0 fully saturated rings. The number of carboxylic acids is 1. The highest BCUT2D eigenvalue weighted by molar-refractivity contribution is 5.80. The number of hydrogen-bond donors (Lipinski definition) is 2. The molecule has 0 aliphatic carbocycles. The van der Waals surface area contributed by atoms with Gasteiger partial charge in [-0.25, -0.2) is 4.79 Å². The summed E-state index contributed by atoms with van der Waals surface area (Å²) in [6.07, 6.45) is 0.0731.